The number of hydrogen-bond acceptors (Lipinski definition) is 5. The average molecular weight is 337 g/mol. The molecule has 0 unspecified atom stereocenters. The Bertz CT molecular complexity index is 780. The van der Waals surface area contributed by atoms with Crippen LogP contribution in [0.4, 0.5) is 0 Å². The molecule has 1 fully saturated rings. The third-order valence-corrected chi connectivity index (χ3v) is 4.04. The maximum absolute atomic E-state index is 11.7. The van der Waals surface area contributed by atoms with Gasteiger partial charge in [-0.3, -0.25) is 14.5 Å². The highest BCUT2D eigenvalue weighted by molar-refractivity contribution is 6.49. The number of hydrogen-bond donors (Lipinski definition) is 0. The first kappa shape index (κ1) is 17.2. The van der Waals surface area contributed by atoms with E-state index in [2.05, 4.69) is 24.3 Å². The van der Waals surface area contributed by atoms with Gasteiger partial charge in [0.2, 0.25) is 0 Å². The molecule has 3 rings (SSSR count). The lowest BCUT2D eigenvalue weighted by Crippen LogP contribution is -2.42. The molecule has 128 valence electrons. The van der Waals surface area contributed by atoms with Gasteiger partial charge in [0.05, 0.1) is 13.1 Å². The zero-order chi connectivity index (χ0) is 17.6. The maximum atomic E-state index is 11.7. The van der Waals surface area contributed by atoms with Gasteiger partial charge >= 0.3 is 19.1 Å². The van der Waals surface area contributed by atoms with Gasteiger partial charge in [0.1, 0.15) is 0 Å². The molecule has 0 amide bonds. The predicted octanol–water partition coefficient (Wildman–Crippen LogP) is 2.46. The molecule has 1 aliphatic rings. The van der Waals surface area contributed by atoms with Crippen molar-refractivity contribution in [2.75, 3.05) is 20.1 Å². The summed E-state index contributed by atoms with van der Waals surface area (Å²) in [5, 5.41) is 2.43. The van der Waals surface area contributed by atoms with Crippen molar-refractivity contribution in [2.24, 2.45) is 0 Å². The molecule has 0 N–H and O–H groups in total. The summed E-state index contributed by atoms with van der Waals surface area (Å²) in [6.07, 6.45) is 5.01. The van der Waals surface area contributed by atoms with Crippen molar-refractivity contribution in [3.05, 3.63) is 60.2 Å². The van der Waals surface area contributed by atoms with Crippen molar-refractivity contribution in [3.8, 4) is 0 Å². The molecule has 0 aliphatic carbocycles. The molecule has 0 radical (unpaired) electrons. The summed E-state index contributed by atoms with van der Waals surface area (Å²) in [7, 11) is 0.824. The van der Waals surface area contributed by atoms with Crippen molar-refractivity contribution < 1.29 is 18.9 Å². The topological polar surface area (TPSA) is 55.8 Å². The van der Waals surface area contributed by atoms with E-state index in [1.807, 2.05) is 30.4 Å². The van der Waals surface area contributed by atoms with E-state index in [0.717, 1.165) is 6.42 Å². The van der Waals surface area contributed by atoms with Gasteiger partial charge in [-0.05, 0) is 29.8 Å². The molecule has 1 saturated heterocycles. The summed E-state index contributed by atoms with van der Waals surface area (Å²) in [6.45, 7) is 0.177. The quantitative estimate of drug-likeness (QED) is 0.634. The Balaban J connectivity index is 1.60. The third-order valence-electron chi connectivity index (χ3n) is 4.04. The molecule has 1 heterocycles. The van der Waals surface area contributed by atoms with Gasteiger partial charge in [-0.2, -0.15) is 0 Å². The first-order valence-corrected chi connectivity index (χ1v) is 8.31. The van der Waals surface area contributed by atoms with Crippen molar-refractivity contribution in [1.82, 2.24) is 4.90 Å². The van der Waals surface area contributed by atoms with E-state index >= 15 is 0 Å². The molecular formula is C19H20BNO4. The molecule has 2 aromatic rings. The SMILES string of the molecule is CN1CC(=O)OB(CC=CCc2cccc3ccccc23)OC(=O)C1. The molecule has 0 atom stereocenters. The number of likely N-dealkylation sites (N-methyl/N-ethyl adjacent to an activating group) is 1. The Morgan fingerprint density at radius 2 is 1.68 bits per heavy atom. The number of rotatable bonds is 4. The minimum absolute atomic E-state index is 0.0886. The fourth-order valence-corrected chi connectivity index (χ4v) is 2.87. The van der Waals surface area contributed by atoms with Crippen molar-refractivity contribution in [1.29, 1.82) is 0 Å². The lowest BCUT2D eigenvalue weighted by Gasteiger charge is -2.21. The van der Waals surface area contributed by atoms with Crippen LogP contribution < -0.4 is 0 Å². The molecule has 0 spiro atoms. The largest absolute Gasteiger partial charge is 0.602 e. The van der Waals surface area contributed by atoms with Crippen molar-refractivity contribution in [3.63, 3.8) is 0 Å². The second-order valence-electron chi connectivity index (χ2n) is 6.13. The smallest absolute Gasteiger partial charge is 0.498 e. The second kappa shape index (κ2) is 7.99. The summed E-state index contributed by atoms with van der Waals surface area (Å²) >= 11 is 0. The highest BCUT2D eigenvalue weighted by Gasteiger charge is 2.30. The number of benzene rings is 2. The van der Waals surface area contributed by atoms with E-state index in [1.54, 1.807) is 11.9 Å². The Kier molecular flexibility index (Phi) is 5.51. The van der Waals surface area contributed by atoms with Crippen molar-refractivity contribution >= 4 is 29.8 Å². The molecule has 25 heavy (non-hydrogen) atoms. The summed E-state index contributed by atoms with van der Waals surface area (Å²) in [4.78, 5) is 24.9. The lowest BCUT2D eigenvalue weighted by atomic mass is 9.84. The standard InChI is InChI=1S/C19H20BNO4/c1-21-13-18(22)24-20(25-19(23)14-21)12-5-4-8-16-10-6-9-15-7-2-3-11-17(15)16/h2-7,9-11H,8,12-14H2,1H3. The van der Waals surface area contributed by atoms with E-state index in [-0.39, 0.29) is 25.0 Å². The Morgan fingerprint density at radius 1 is 1.00 bits per heavy atom. The van der Waals surface area contributed by atoms with E-state index < -0.39 is 7.12 Å². The van der Waals surface area contributed by atoms with E-state index in [4.69, 9.17) is 9.31 Å². The summed E-state index contributed by atoms with van der Waals surface area (Å²) < 4.78 is 10.4. The van der Waals surface area contributed by atoms with Crippen LogP contribution in [-0.2, 0) is 25.3 Å². The Labute approximate surface area is 147 Å². The van der Waals surface area contributed by atoms with Crippen LogP contribution >= 0.6 is 0 Å². The fraction of sp³-hybridized carbons (Fsp3) is 0.263. The van der Waals surface area contributed by atoms with Crippen molar-refractivity contribution in [2.45, 2.75) is 12.7 Å². The van der Waals surface area contributed by atoms with Crippen LogP contribution in [0.15, 0.2) is 54.6 Å². The van der Waals surface area contributed by atoms with Crippen LogP contribution in [0.1, 0.15) is 5.56 Å². The number of allylic oxidation sites excluding steroid dienone is 2. The number of carbonyl (C=O) groups is 2. The van der Waals surface area contributed by atoms with Crippen LogP contribution in [0.5, 0.6) is 0 Å². The van der Waals surface area contributed by atoms with Crippen LogP contribution in [0.25, 0.3) is 10.8 Å². The van der Waals surface area contributed by atoms with Gasteiger partial charge in [-0.25, -0.2) is 0 Å². The number of nitrogens with zero attached hydrogens (tertiary/aromatic N) is 1. The molecule has 6 heteroatoms. The monoisotopic (exact) mass is 337 g/mol. The number of carbonyl (C=O) groups excluding carboxylic acids is 2. The first-order chi connectivity index (χ1) is 12.1. The summed E-state index contributed by atoms with van der Waals surface area (Å²) in [6, 6.07) is 14.5. The van der Waals surface area contributed by atoms with Gasteiger partial charge < -0.3 is 9.31 Å². The first-order valence-electron chi connectivity index (χ1n) is 8.31. The Hall–Kier alpha value is -2.60. The van der Waals surface area contributed by atoms with Gasteiger partial charge in [0.15, 0.2) is 0 Å². The van der Waals surface area contributed by atoms with Gasteiger partial charge in [-0.1, -0.05) is 54.6 Å². The van der Waals surface area contributed by atoms with Crippen LogP contribution in [0.3, 0.4) is 0 Å². The third kappa shape index (κ3) is 4.70. The highest BCUT2D eigenvalue weighted by Crippen LogP contribution is 2.19. The van der Waals surface area contributed by atoms with E-state index in [1.165, 1.54) is 16.3 Å². The molecular weight excluding hydrogens is 317 g/mol. The van der Waals surface area contributed by atoms with Gasteiger partial charge in [0.25, 0.3) is 0 Å². The lowest BCUT2D eigenvalue weighted by molar-refractivity contribution is -0.145. The summed E-state index contributed by atoms with van der Waals surface area (Å²) in [5.41, 5.74) is 1.22. The number of fused-ring (bicyclic) bond motifs is 1. The Morgan fingerprint density at radius 3 is 2.44 bits per heavy atom. The normalized spacial score (nSPS) is 16.6. The van der Waals surface area contributed by atoms with Gasteiger partial charge in [0, 0.05) is 6.32 Å². The summed E-state index contributed by atoms with van der Waals surface area (Å²) in [5.74, 6) is -0.773. The molecule has 1 aliphatic heterocycles. The molecule has 0 saturated carbocycles. The van der Waals surface area contributed by atoms with Crippen LogP contribution in [0.2, 0.25) is 6.32 Å². The second-order valence-corrected chi connectivity index (χ2v) is 6.13. The van der Waals surface area contributed by atoms with Crippen LogP contribution in [-0.4, -0.2) is 44.1 Å². The molecule has 5 nitrogen and oxygen atoms in total. The minimum Gasteiger partial charge on any atom is -0.498 e. The van der Waals surface area contributed by atoms with E-state index in [0.29, 0.717) is 6.32 Å². The van der Waals surface area contributed by atoms with E-state index in [9.17, 15) is 9.59 Å². The van der Waals surface area contributed by atoms with Crippen LogP contribution in [0, 0.1) is 0 Å². The molecule has 0 bridgehead atoms. The molecule has 0 aromatic heterocycles. The fourth-order valence-electron chi connectivity index (χ4n) is 2.87. The minimum atomic E-state index is -0.850. The van der Waals surface area contributed by atoms with Gasteiger partial charge in [-0.15, -0.1) is 0 Å². The predicted molar refractivity (Wildman–Crippen MR) is 97.0 cm³/mol. The maximum Gasteiger partial charge on any atom is 0.602 e. The molecule has 2 aromatic carbocycles. The zero-order valence-electron chi connectivity index (χ0n) is 14.2. The highest BCUT2D eigenvalue weighted by atomic mass is 16.6. The average Bonchev–Trinajstić information content (AvgIpc) is 2.57. The zero-order valence-corrected chi connectivity index (χ0v) is 14.2.